The maximum atomic E-state index is 13.3. The Balaban J connectivity index is 1.46. The third kappa shape index (κ3) is 3.80. The smallest absolute Gasteiger partial charge is 0.257 e. The van der Waals surface area contributed by atoms with Crippen molar-refractivity contribution in [3.05, 3.63) is 83.9 Å². The molecule has 1 aromatic heterocycles. The standard InChI is InChI=1S/C23H21FN6OS/c24-18-11-26-21(27-12-18)30-13-17-10-28-22(29-20(31)15-5-2-1-3-6-15)32-23(17,14-30)16-7-4-8-19(25)9-16/h1-9,11-12,17H,10,13-14,25H2,(H,28,29,31)/t17-,23+/m0/s1. The summed E-state index contributed by atoms with van der Waals surface area (Å²) in [5.74, 6) is -0.0610. The lowest BCUT2D eigenvalue weighted by molar-refractivity contribution is 0.0977. The highest BCUT2D eigenvalue weighted by molar-refractivity contribution is 8.14. The van der Waals surface area contributed by atoms with Crippen molar-refractivity contribution in [2.45, 2.75) is 4.75 Å². The number of benzene rings is 2. The number of thioether (sulfide) groups is 1. The van der Waals surface area contributed by atoms with E-state index < -0.39 is 10.6 Å². The van der Waals surface area contributed by atoms with E-state index in [1.807, 2.05) is 47.4 Å². The van der Waals surface area contributed by atoms with Gasteiger partial charge in [0.15, 0.2) is 11.0 Å². The van der Waals surface area contributed by atoms with Crippen molar-refractivity contribution in [1.29, 1.82) is 0 Å². The number of rotatable bonds is 3. The number of hydrogen-bond donors (Lipinski definition) is 2. The lowest BCUT2D eigenvalue weighted by atomic mass is 9.87. The Labute approximate surface area is 189 Å². The van der Waals surface area contributed by atoms with E-state index >= 15 is 0 Å². The van der Waals surface area contributed by atoms with Gasteiger partial charge in [-0.2, -0.15) is 0 Å². The monoisotopic (exact) mass is 448 g/mol. The highest BCUT2D eigenvalue weighted by atomic mass is 32.2. The largest absolute Gasteiger partial charge is 0.399 e. The van der Waals surface area contributed by atoms with E-state index in [9.17, 15) is 9.18 Å². The Kier molecular flexibility index (Phi) is 5.26. The van der Waals surface area contributed by atoms with Gasteiger partial charge in [0.2, 0.25) is 5.95 Å². The van der Waals surface area contributed by atoms with Gasteiger partial charge in [0, 0.05) is 36.8 Å². The van der Waals surface area contributed by atoms with Crippen molar-refractivity contribution in [2.24, 2.45) is 10.9 Å². The van der Waals surface area contributed by atoms with Crippen LogP contribution >= 0.6 is 11.8 Å². The molecule has 0 saturated carbocycles. The number of aliphatic imine (C=N–C) groups is 1. The maximum Gasteiger partial charge on any atom is 0.257 e. The van der Waals surface area contributed by atoms with Gasteiger partial charge in [-0.1, -0.05) is 42.1 Å². The van der Waals surface area contributed by atoms with Crippen LogP contribution in [0.3, 0.4) is 0 Å². The van der Waals surface area contributed by atoms with Crippen molar-refractivity contribution in [1.82, 2.24) is 15.3 Å². The fourth-order valence-corrected chi connectivity index (χ4v) is 5.65. The third-order valence-electron chi connectivity index (χ3n) is 5.78. The molecule has 2 atom stereocenters. The first kappa shape index (κ1) is 20.4. The number of nitrogens with zero attached hydrogens (tertiary/aromatic N) is 4. The summed E-state index contributed by atoms with van der Waals surface area (Å²) >= 11 is 1.53. The molecule has 3 heterocycles. The Bertz CT molecular complexity index is 1170. The first-order valence-electron chi connectivity index (χ1n) is 10.2. The number of anilines is 2. The van der Waals surface area contributed by atoms with Crippen LogP contribution in [0.25, 0.3) is 0 Å². The number of aromatic nitrogens is 2. The summed E-state index contributed by atoms with van der Waals surface area (Å²) in [6, 6.07) is 16.9. The Morgan fingerprint density at radius 1 is 1.16 bits per heavy atom. The summed E-state index contributed by atoms with van der Waals surface area (Å²) < 4.78 is 12.9. The Hall–Kier alpha value is -3.46. The molecular formula is C23H21FN6OS. The number of amides is 1. The average molecular weight is 449 g/mol. The number of halogens is 1. The van der Waals surface area contributed by atoms with Gasteiger partial charge < -0.3 is 16.0 Å². The van der Waals surface area contributed by atoms with Crippen LogP contribution in [0.5, 0.6) is 0 Å². The topological polar surface area (TPSA) is 96.5 Å². The van der Waals surface area contributed by atoms with Crippen molar-refractivity contribution >= 4 is 34.5 Å². The summed E-state index contributed by atoms with van der Waals surface area (Å²) in [6.45, 7) is 1.78. The molecule has 32 heavy (non-hydrogen) atoms. The summed E-state index contributed by atoms with van der Waals surface area (Å²) in [6.07, 6.45) is 2.35. The number of nitrogens with two attached hydrogens (primary N) is 1. The summed E-state index contributed by atoms with van der Waals surface area (Å²) in [7, 11) is 0. The Morgan fingerprint density at radius 3 is 2.69 bits per heavy atom. The van der Waals surface area contributed by atoms with Gasteiger partial charge in [0.25, 0.3) is 5.91 Å². The first-order valence-corrected chi connectivity index (χ1v) is 11.0. The second-order valence-electron chi connectivity index (χ2n) is 7.86. The molecule has 2 aliphatic rings. The minimum Gasteiger partial charge on any atom is -0.399 e. The van der Waals surface area contributed by atoms with Crippen molar-refractivity contribution in [3.8, 4) is 0 Å². The normalized spacial score (nSPS) is 22.2. The molecule has 0 radical (unpaired) electrons. The zero-order valence-corrected chi connectivity index (χ0v) is 17.9. The number of amidine groups is 1. The summed E-state index contributed by atoms with van der Waals surface area (Å²) in [5, 5.41) is 3.53. The summed E-state index contributed by atoms with van der Waals surface area (Å²) in [4.78, 5) is 27.8. The minimum absolute atomic E-state index is 0.139. The molecule has 1 fully saturated rings. The molecule has 2 aromatic carbocycles. The quantitative estimate of drug-likeness (QED) is 0.598. The van der Waals surface area contributed by atoms with Crippen LogP contribution in [-0.4, -0.2) is 40.7 Å². The molecule has 1 saturated heterocycles. The summed E-state index contributed by atoms with van der Waals surface area (Å²) in [5.41, 5.74) is 8.41. The lowest BCUT2D eigenvalue weighted by Gasteiger charge is -2.37. The lowest BCUT2D eigenvalue weighted by Crippen LogP contribution is -2.42. The molecule has 7 nitrogen and oxygen atoms in total. The third-order valence-corrected chi connectivity index (χ3v) is 7.27. The van der Waals surface area contributed by atoms with E-state index in [-0.39, 0.29) is 11.8 Å². The highest BCUT2D eigenvalue weighted by Crippen LogP contribution is 2.51. The van der Waals surface area contributed by atoms with Gasteiger partial charge in [-0.05, 0) is 29.8 Å². The van der Waals surface area contributed by atoms with Crippen LogP contribution in [-0.2, 0) is 4.75 Å². The van der Waals surface area contributed by atoms with Gasteiger partial charge in [-0.3, -0.25) is 9.79 Å². The number of nitrogens with one attached hydrogen (secondary N) is 1. The SMILES string of the molecule is Nc1cccc([C@]23CN(c4ncc(F)cn4)C[C@@H]2CN=C(NC(=O)c2ccccc2)S3)c1. The number of hydrogen-bond acceptors (Lipinski definition) is 7. The zero-order chi connectivity index (χ0) is 22.1. The maximum absolute atomic E-state index is 13.3. The second kappa shape index (κ2) is 8.23. The van der Waals surface area contributed by atoms with E-state index in [1.165, 1.54) is 24.2 Å². The molecular weight excluding hydrogens is 427 g/mol. The van der Waals surface area contributed by atoms with Gasteiger partial charge in [0.1, 0.15) is 0 Å². The van der Waals surface area contributed by atoms with Crippen molar-refractivity contribution in [2.75, 3.05) is 30.3 Å². The van der Waals surface area contributed by atoms with Gasteiger partial charge in [-0.15, -0.1) is 0 Å². The second-order valence-corrected chi connectivity index (χ2v) is 9.18. The molecule has 0 aliphatic carbocycles. The van der Waals surface area contributed by atoms with E-state index in [1.54, 1.807) is 12.1 Å². The van der Waals surface area contributed by atoms with Crippen LogP contribution in [0.2, 0.25) is 0 Å². The van der Waals surface area contributed by atoms with Gasteiger partial charge in [0.05, 0.1) is 17.1 Å². The van der Waals surface area contributed by atoms with Crippen LogP contribution in [0.1, 0.15) is 15.9 Å². The number of fused-ring (bicyclic) bond motifs is 1. The number of carbonyl (C=O) groups is 1. The molecule has 162 valence electrons. The van der Waals surface area contributed by atoms with Gasteiger partial charge >= 0.3 is 0 Å². The van der Waals surface area contributed by atoms with E-state index in [0.717, 1.165) is 5.56 Å². The Morgan fingerprint density at radius 2 is 1.94 bits per heavy atom. The molecule has 5 rings (SSSR count). The average Bonchev–Trinajstić information content (AvgIpc) is 3.20. The molecule has 9 heteroatoms. The number of carbonyl (C=O) groups excluding carboxylic acids is 1. The van der Waals surface area contributed by atoms with E-state index in [2.05, 4.69) is 20.3 Å². The molecule has 1 amide bonds. The van der Waals surface area contributed by atoms with Gasteiger partial charge in [-0.25, -0.2) is 14.4 Å². The van der Waals surface area contributed by atoms with Crippen molar-refractivity contribution in [3.63, 3.8) is 0 Å². The fourth-order valence-electron chi connectivity index (χ4n) is 4.24. The first-order chi connectivity index (χ1) is 15.5. The van der Waals surface area contributed by atoms with Crippen LogP contribution in [0.4, 0.5) is 16.0 Å². The van der Waals surface area contributed by atoms with Crippen LogP contribution in [0.15, 0.2) is 72.0 Å². The van der Waals surface area contributed by atoms with Crippen molar-refractivity contribution < 1.29 is 9.18 Å². The van der Waals surface area contributed by atoms with Crippen LogP contribution < -0.4 is 16.0 Å². The van der Waals surface area contributed by atoms with Crippen LogP contribution in [0, 0.1) is 11.7 Å². The zero-order valence-electron chi connectivity index (χ0n) is 17.1. The molecule has 2 aliphatic heterocycles. The molecule has 3 N–H and O–H groups in total. The molecule has 0 bridgehead atoms. The van der Waals surface area contributed by atoms with E-state index in [4.69, 9.17) is 5.73 Å². The highest BCUT2D eigenvalue weighted by Gasteiger charge is 2.52. The minimum atomic E-state index is -0.473. The molecule has 3 aromatic rings. The fraction of sp³-hybridized carbons (Fsp3) is 0.217. The molecule has 0 spiro atoms. The predicted octanol–water partition coefficient (Wildman–Crippen LogP) is 3.06. The predicted molar refractivity (Wildman–Crippen MR) is 124 cm³/mol. The molecule has 0 unspecified atom stereocenters. The number of nitrogen functional groups attached to an aromatic ring is 1. The van der Waals surface area contributed by atoms with E-state index in [0.29, 0.717) is 42.0 Å².